The van der Waals surface area contributed by atoms with Crippen LogP contribution in [0.2, 0.25) is 0 Å². The summed E-state index contributed by atoms with van der Waals surface area (Å²) in [5.74, 6) is 0.479. The second-order valence-electron chi connectivity index (χ2n) is 6.88. The fourth-order valence-electron chi connectivity index (χ4n) is 2.95. The van der Waals surface area contributed by atoms with Crippen molar-refractivity contribution < 1.29 is 13.9 Å². The van der Waals surface area contributed by atoms with E-state index < -0.39 is 5.41 Å². The van der Waals surface area contributed by atoms with Crippen LogP contribution in [-0.2, 0) is 16.6 Å². The predicted octanol–water partition coefficient (Wildman–Crippen LogP) is 3.87. The normalized spacial score (nSPS) is 13.6. The van der Waals surface area contributed by atoms with Gasteiger partial charge < -0.3 is 10.1 Å². The highest BCUT2D eigenvalue weighted by molar-refractivity contribution is 5.91. The monoisotopic (exact) mass is 339 g/mol. The Labute approximate surface area is 147 Å². The first-order chi connectivity index (χ1) is 12.0. The molecule has 0 atom stereocenters. The molecule has 25 heavy (non-hydrogen) atoms. The van der Waals surface area contributed by atoms with Gasteiger partial charge >= 0.3 is 0 Å². The molecule has 1 N–H and O–H groups in total. The number of hydrogen-bond donors (Lipinski definition) is 1. The van der Waals surface area contributed by atoms with E-state index in [0.717, 1.165) is 17.7 Å². The van der Waals surface area contributed by atoms with Crippen molar-refractivity contribution in [1.29, 1.82) is 0 Å². The first kappa shape index (κ1) is 17.2. The number of carbonyl (C=O) groups is 1. The molecule has 2 aromatic carbocycles. The molecule has 0 saturated carbocycles. The molecule has 3 nitrogen and oxygen atoms in total. The number of fused-ring (bicyclic) bond motifs is 1. The predicted molar refractivity (Wildman–Crippen MR) is 97.1 cm³/mol. The highest BCUT2D eigenvalue weighted by atomic mass is 19.1. The van der Waals surface area contributed by atoms with Gasteiger partial charge in [-0.05, 0) is 41.0 Å². The summed E-state index contributed by atoms with van der Waals surface area (Å²) in [5.41, 5.74) is 2.24. The fourth-order valence-corrected chi connectivity index (χ4v) is 2.95. The van der Waals surface area contributed by atoms with Gasteiger partial charge in [0.05, 0.1) is 6.61 Å². The number of benzene rings is 2. The van der Waals surface area contributed by atoms with Crippen molar-refractivity contribution in [3.63, 3.8) is 0 Å². The van der Waals surface area contributed by atoms with Gasteiger partial charge in [0, 0.05) is 24.5 Å². The van der Waals surface area contributed by atoms with E-state index in [1.165, 1.54) is 17.7 Å². The lowest BCUT2D eigenvalue weighted by molar-refractivity contribution is -0.116. The van der Waals surface area contributed by atoms with Crippen LogP contribution in [-0.4, -0.2) is 19.1 Å². The number of rotatable bonds is 5. The maximum atomic E-state index is 14.0. The van der Waals surface area contributed by atoms with Crippen LogP contribution >= 0.6 is 0 Å². The summed E-state index contributed by atoms with van der Waals surface area (Å²) in [7, 11) is 0. The summed E-state index contributed by atoms with van der Waals surface area (Å²) in [6, 6.07) is 12.6. The van der Waals surface area contributed by atoms with E-state index in [-0.39, 0.29) is 11.7 Å². The number of ether oxygens (including phenoxy) is 1. The van der Waals surface area contributed by atoms with Crippen LogP contribution in [0.25, 0.3) is 6.08 Å². The maximum absolute atomic E-state index is 14.0. The highest BCUT2D eigenvalue weighted by Crippen LogP contribution is 2.26. The van der Waals surface area contributed by atoms with Gasteiger partial charge in [0.25, 0.3) is 0 Å². The first-order valence-electron chi connectivity index (χ1n) is 8.42. The van der Waals surface area contributed by atoms with Crippen molar-refractivity contribution in [2.75, 3.05) is 13.2 Å². The topological polar surface area (TPSA) is 38.3 Å². The van der Waals surface area contributed by atoms with Crippen LogP contribution in [0.3, 0.4) is 0 Å². The van der Waals surface area contributed by atoms with Crippen molar-refractivity contribution in [3.8, 4) is 5.75 Å². The molecular weight excluding hydrogens is 317 g/mol. The van der Waals surface area contributed by atoms with Crippen LogP contribution in [0, 0.1) is 5.82 Å². The van der Waals surface area contributed by atoms with E-state index >= 15 is 0 Å². The molecule has 0 fully saturated rings. The second-order valence-corrected chi connectivity index (χ2v) is 6.88. The van der Waals surface area contributed by atoms with Crippen LogP contribution in [0.5, 0.6) is 5.75 Å². The second kappa shape index (κ2) is 7.09. The lowest BCUT2D eigenvalue weighted by Gasteiger charge is -2.25. The third-order valence-electron chi connectivity index (χ3n) is 4.45. The Morgan fingerprint density at radius 2 is 2.08 bits per heavy atom. The lowest BCUT2D eigenvalue weighted by Crippen LogP contribution is -2.36. The van der Waals surface area contributed by atoms with Crippen molar-refractivity contribution >= 4 is 12.0 Å². The van der Waals surface area contributed by atoms with Crippen LogP contribution in [0.15, 0.2) is 48.5 Å². The van der Waals surface area contributed by atoms with Crippen molar-refractivity contribution in [3.05, 3.63) is 71.0 Å². The standard InChI is InChI=1S/C21H22FNO2/c1-21(2,17-5-3-4-6-18(17)22)14-23-20(24)10-8-15-7-9-19-16(13-15)11-12-25-19/h3-10,13H,11-12,14H2,1-2H3,(H,23,24)/b10-8+. The number of carbonyl (C=O) groups excluding carboxylic acids is 1. The molecule has 4 heteroatoms. The van der Waals surface area contributed by atoms with Crippen LogP contribution in [0.1, 0.15) is 30.5 Å². The molecule has 0 aromatic heterocycles. The minimum absolute atomic E-state index is 0.193. The molecule has 3 rings (SSSR count). The van der Waals surface area contributed by atoms with E-state index in [4.69, 9.17) is 4.74 Å². The summed E-state index contributed by atoms with van der Waals surface area (Å²) in [5, 5.41) is 2.85. The Hall–Kier alpha value is -2.62. The highest BCUT2D eigenvalue weighted by Gasteiger charge is 2.24. The summed E-state index contributed by atoms with van der Waals surface area (Å²) in [6.45, 7) is 4.90. The van der Waals surface area contributed by atoms with E-state index in [2.05, 4.69) is 5.32 Å². The third-order valence-corrected chi connectivity index (χ3v) is 4.45. The van der Waals surface area contributed by atoms with Gasteiger partial charge in [-0.1, -0.05) is 38.1 Å². The largest absolute Gasteiger partial charge is 0.493 e. The number of nitrogens with one attached hydrogen (secondary N) is 1. The molecule has 2 aromatic rings. The van der Waals surface area contributed by atoms with Gasteiger partial charge in [0.1, 0.15) is 11.6 Å². The van der Waals surface area contributed by atoms with E-state index in [0.29, 0.717) is 18.7 Å². The average molecular weight is 339 g/mol. The molecule has 1 heterocycles. The smallest absolute Gasteiger partial charge is 0.244 e. The Bertz CT molecular complexity index is 811. The van der Waals surface area contributed by atoms with Gasteiger partial charge in [-0.25, -0.2) is 4.39 Å². The molecule has 130 valence electrons. The number of hydrogen-bond acceptors (Lipinski definition) is 2. The summed E-state index contributed by atoms with van der Waals surface area (Å²) >= 11 is 0. The van der Waals surface area contributed by atoms with Gasteiger partial charge in [0.2, 0.25) is 5.91 Å². The molecular formula is C21H22FNO2. The maximum Gasteiger partial charge on any atom is 0.244 e. The van der Waals surface area contributed by atoms with Crippen molar-refractivity contribution in [1.82, 2.24) is 5.32 Å². The lowest BCUT2D eigenvalue weighted by atomic mass is 9.84. The summed E-state index contributed by atoms with van der Waals surface area (Å²) < 4.78 is 19.4. The fraction of sp³-hybridized carbons (Fsp3) is 0.286. The Kier molecular flexibility index (Phi) is 4.88. The molecule has 0 unspecified atom stereocenters. The van der Waals surface area contributed by atoms with E-state index in [1.807, 2.05) is 32.0 Å². The molecule has 1 amide bonds. The quantitative estimate of drug-likeness (QED) is 0.840. The first-order valence-corrected chi connectivity index (χ1v) is 8.42. The molecule has 0 bridgehead atoms. The summed E-state index contributed by atoms with van der Waals surface area (Å²) in [4.78, 5) is 12.1. The van der Waals surface area contributed by atoms with Crippen LogP contribution < -0.4 is 10.1 Å². The van der Waals surface area contributed by atoms with E-state index in [1.54, 1.807) is 24.3 Å². The Balaban J connectivity index is 1.60. The van der Waals surface area contributed by atoms with Crippen molar-refractivity contribution in [2.24, 2.45) is 0 Å². The van der Waals surface area contributed by atoms with Gasteiger partial charge in [-0.2, -0.15) is 0 Å². The van der Waals surface area contributed by atoms with Gasteiger partial charge in [0.15, 0.2) is 0 Å². The Morgan fingerprint density at radius 1 is 1.28 bits per heavy atom. The van der Waals surface area contributed by atoms with Crippen LogP contribution in [0.4, 0.5) is 4.39 Å². The SMILES string of the molecule is CC(C)(CNC(=O)/C=C/c1ccc2c(c1)CCO2)c1ccccc1F. The minimum atomic E-state index is -0.486. The van der Waals surface area contributed by atoms with E-state index in [9.17, 15) is 9.18 Å². The van der Waals surface area contributed by atoms with Gasteiger partial charge in [-0.3, -0.25) is 4.79 Å². The molecule has 0 saturated heterocycles. The molecule has 0 aliphatic carbocycles. The average Bonchev–Trinajstić information content (AvgIpc) is 3.06. The molecule has 0 radical (unpaired) electrons. The molecule has 1 aliphatic rings. The number of halogens is 1. The van der Waals surface area contributed by atoms with Crippen molar-refractivity contribution in [2.45, 2.75) is 25.7 Å². The summed E-state index contributed by atoms with van der Waals surface area (Å²) in [6.07, 6.45) is 4.19. The third kappa shape index (κ3) is 4.08. The molecule has 1 aliphatic heterocycles. The zero-order chi connectivity index (χ0) is 17.9. The van der Waals surface area contributed by atoms with Gasteiger partial charge in [-0.15, -0.1) is 0 Å². The molecule has 0 spiro atoms. The minimum Gasteiger partial charge on any atom is -0.493 e. The number of amides is 1. The zero-order valence-electron chi connectivity index (χ0n) is 14.5. The zero-order valence-corrected chi connectivity index (χ0v) is 14.5. The Morgan fingerprint density at radius 3 is 2.88 bits per heavy atom.